The minimum atomic E-state index is 0.147. The zero-order chi connectivity index (χ0) is 15.5. The van der Waals surface area contributed by atoms with E-state index in [1.807, 2.05) is 36.4 Å². The Balaban J connectivity index is 1.90. The summed E-state index contributed by atoms with van der Waals surface area (Å²) >= 11 is 6.06. The van der Waals surface area contributed by atoms with E-state index in [0.29, 0.717) is 17.3 Å². The molecule has 2 N–H and O–H groups in total. The molecule has 5 heteroatoms. The quantitative estimate of drug-likeness (QED) is 0.757. The molecule has 0 fully saturated rings. The molecule has 3 aromatic rings. The van der Waals surface area contributed by atoms with Crippen molar-refractivity contribution in [3.63, 3.8) is 0 Å². The molecular weight excluding hydrogens is 300 g/mol. The largest absolute Gasteiger partial charge is 0.504 e. The van der Waals surface area contributed by atoms with Gasteiger partial charge in [-0.2, -0.15) is 0 Å². The van der Waals surface area contributed by atoms with Gasteiger partial charge in [-0.3, -0.25) is 4.98 Å². The Bertz CT molecular complexity index is 821. The van der Waals surface area contributed by atoms with Gasteiger partial charge < -0.3 is 15.2 Å². The molecule has 0 bridgehead atoms. The zero-order valence-corrected chi connectivity index (χ0v) is 12.8. The molecule has 0 saturated carbocycles. The molecule has 112 valence electrons. The van der Waals surface area contributed by atoms with Gasteiger partial charge >= 0.3 is 0 Å². The number of para-hydroxylation sites is 1. The average molecular weight is 315 g/mol. The van der Waals surface area contributed by atoms with E-state index >= 15 is 0 Å². The Morgan fingerprint density at radius 3 is 2.91 bits per heavy atom. The minimum Gasteiger partial charge on any atom is -0.504 e. The lowest BCUT2D eigenvalue weighted by Gasteiger charge is -2.12. The van der Waals surface area contributed by atoms with Crippen molar-refractivity contribution in [1.82, 2.24) is 4.98 Å². The number of nitrogens with zero attached hydrogens (tertiary/aromatic N) is 1. The molecule has 1 aromatic heterocycles. The summed E-state index contributed by atoms with van der Waals surface area (Å²) in [6.45, 7) is 0.467. The number of rotatable bonds is 4. The zero-order valence-electron chi connectivity index (χ0n) is 12.0. The maximum atomic E-state index is 10.1. The number of hydrogen-bond acceptors (Lipinski definition) is 4. The lowest BCUT2D eigenvalue weighted by atomic mass is 10.1. The summed E-state index contributed by atoms with van der Waals surface area (Å²) in [6, 6.07) is 12.9. The molecule has 0 aliphatic carbocycles. The Morgan fingerprint density at radius 2 is 2.09 bits per heavy atom. The molecule has 2 aromatic carbocycles. The minimum absolute atomic E-state index is 0.147. The number of phenolic OH excluding ortho intramolecular Hbond substituents is 1. The number of phenols is 1. The van der Waals surface area contributed by atoms with Crippen LogP contribution < -0.4 is 10.1 Å². The summed E-state index contributed by atoms with van der Waals surface area (Å²) in [7, 11) is 1.53. The highest BCUT2D eigenvalue weighted by Gasteiger charge is 2.08. The van der Waals surface area contributed by atoms with Crippen molar-refractivity contribution in [2.75, 3.05) is 12.4 Å². The number of benzene rings is 2. The van der Waals surface area contributed by atoms with Crippen LogP contribution >= 0.6 is 11.6 Å². The van der Waals surface area contributed by atoms with Gasteiger partial charge in [-0.15, -0.1) is 0 Å². The molecule has 0 aliphatic rings. The first-order valence-electron chi connectivity index (χ1n) is 6.82. The summed E-state index contributed by atoms with van der Waals surface area (Å²) in [6.07, 6.45) is 1.74. The Kier molecular flexibility index (Phi) is 4.02. The summed E-state index contributed by atoms with van der Waals surface area (Å²) < 4.78 is 5.12. The number of fused-ring (bicyclic) bond motifs is 1. The first-order valence-corrected chi connectivity index (χ1v) is 7.20. The fourth-order valence-corrected chi connectivity index (χ4v) is 2.51. The highest BCUT2D eigenvalue weighted by molar-refractivity contribution is 6.31. The van der Waals surface area contributed by atoms with E-state index in [1.165, 1.54) is 7.11 Å². The number of pyridine rings is 1. The van der Waals surface area contributed by atoms with Gasteiger partial charge in [0.15, 0.2) is 11.5 Å². The SMILES string of the molecule is COc1cccc(CNc2ccnc3ccc(Cl)cc23)c1O. The molecule has 22 heavy (non-hydrogen) atoms. The van der Waals surface area contributed by atoms with E-state index in [-0.39, 0.29) is 5.75 Å². The van der Waals surface area contributed by atoms with Crippen LogP contribution in [0.4, 0.5) is 5.69 Å². The smallest absolute Gasteiger partial charge is 0.162 e. The highest BCUT2D eigenvalue weighted by Crippen LogP contribution is 2.31. The van der Waals surface area contributed by atoms with Gasteiger partial charge in [0.1, 0.15) is 0 Å². The van der Waals surface area contributed by atoms with E-state index in [4.69, 9.17) is 16.3 Å². The molecule has 4 nitrogen and oxygen atoms in total. The second-order valence-corrected chi connectivity index (χ2v) is 5.28. The van der Waals surface area contributed by atoms with E-state index in [0.717, 1.165) is 22.2 Å². The molecule has 0 radical (unpaired) electrons. The molecule has 0 unspecified atom stereocenters. The van der Waals surface area contributed by atoms with E-state index in [9.17, 15) is 5.11 Å². The molecule has 0 spiro atoms. The van der Waals surface area contributed by atoms with Crippen molar-refractivity contribution in [2.24, 2.45) is 0 Å². The molecule has 0 amide bonds. The van der Waals surface area contributed by atoms with Gasteiger partial charge in [0.05, 0.1) is 12.6 Å². The highest BCUT2D eigenvalue weighted by atomic mass is 35.5. The molecule has 0 saturated heterocycles. The summed E-state index contributed by atoms with van der Waals surface area (Å²) in [5, 5.41) is 15.0. The maximum absolute atomic E-state index is 10.1. The van der Waals surface area contributed by atoms with Gasteiger partial charge in [0.25, 0.3) is 0 Å². The predicted molar refractivity (Wildman–Crippen MR) is 88.7 cm³/mol. The molecule has 0 aliphatic heterocycles. The van der Waals surface area contributed by atoms with Crippen molar-refractivity contribution in [1.29, 1.82) is 0 Å². The number of anilines is 1. The number of hydrogen-bond donors (Lipinski definition) is 2. The topological polar surface area (TPSA) is 54.4 Å². The predicted octanol–water partition coefficient (Wildman–Crippen LogP) is 4.21. The van der Waals surface area contributed by atoms with Crippen LogP contribution in [0.15, 0.2) is 48.7 Å². The van der Waals surface area contributed by atoms with Gasteiger partial charge in [-0.05, 0) is 30.3 Å². The van der Waals surface area contributed by atoms with Crippen molar-refractivity contribution in [3.8, 4) is 11.5 Å². The number of halogens is 1. The second-order valence-electron chi connectivity index (χ2n) is 4.84. The Hall–Kier alpha value is -2.46. The summed E-state index contributed by atoms with van der Waals surface area (Å²) in [5.74, 6) is 0.607. The van der Waals surface area contributed by atoms with Crippen LogP contribution in [0.25, 0.3) is 10.9 Å². The first kappa shape index (κ1) is 14.5. The third kappa shape index (κ3) is 2.78. The van der Waals surface area contributed by atoms with Crippen molar-refractivity contribution in [3.05, 3.63) is 59.2 Å². The van der Waals surface area contributed by atoms with Crippen LogP contribution in [0.2, 0.25) is 5.02 Å². The van der Waals surface area contributed by atoms with Gasteiger partial charge in [0.2, 0.25) is 0 Å². The lowest BCUT2D eigenvalue weighted by molar-refractivity contribution is 0.371. The van der Waals surface area contributed by atoms with Crippen LogP contribution in [0, 0.1) is 0 Å². The van der Waals surface area contributed by atoms with Crippen molar-refractivity contribution < 1.29 is 9.84 Å². The van der Waals surface area contributed by atoms with Crippen LogP contribution in [-0.2, 0) is 6.54 Å². The Labute approximate surface area is 133 Å². The first-order chi connectivity index (χ1) is 10.7. The van der Waals surface area contributed by atoms with Gasteiger partial charge in [-0.1, -0.05) is 23.7 Å². The average Bonchev–Trinajstić information content (AvgIpc) is 2.54. The molecule has 1 heterocycles. The fourth-order valence-electron chi connectivity index (χ4n) is 2.34. The normalized spacial score (nSPS) is 10.6. The maximum Gasteiger partial charge on any atom is 0.162 e. The number of methoxy groups -OCH3 is 1. The number of aromatic hydroxyl groups is 1. The van der Waals surface area contributed by atoms with E-state index in [2.05, 4.69) is 10.3 Å². The van der Waals surface area contributed by atoms with Crippen LogP contribution in [0.1, 0.15) is 5.56 Å². The van der Waals surface area contributed by atoms with E-state index in [1.54, 1.807) is 12.3 Å². The van der Waals surface area contributed by atoms with Crippen LogP contribution in [0.3, 0.4) is 0 Å². The third-order valence-electron chi connectivity index (χ3n) is 3.48. The van der Waals surface area contributed by atoms with Gasteiger partial charge in [-0.25, -0.2) is 0 Å². The summed E-state index contributed by atoms with van der Waals surface area (Å²) in [4.78, 5) is 4.31. The van der Waals surface area contributed by atoms with Crippen LogP contribution in [-0.4, -0.2) is 17.2 Å². The van der Waals surface area contributed by atoms with E-state index < -0.39 is 0 Å². The standard InChI is InChI=1S/C17H15ClN2O2/c1-22-16-4-2-3-11(17(16)21)10-20-15-7-8-19-14-6-5-12(18)9-13(14)15/h2-9,21H,10H2,1H3,(H,19,20). The third-order valence-corrected chi connectivity index (χ3v) is 3.71. The molecule has 3 rings (SSSR count). The van der Waals surface area contributed by atoms with Crippen molar-refractivity contribution >= 4 is 28.2 Å². The van der Waals surface area contributed by atoms with Crippen LogP contribution in [0.5, 0.6) is 11.5 Å². The number of aromatic nitrogens is 1. The summed E-state index contributed by atoms with van der Waals surface area (Å²) in [5.41, 5.74) is 2.53. The number of ether oxygens (including phenoxy) is 1. The molecule has 0 atom stereocenters. The monoisotopic (exact) mass is 314 g/mol. The fraction of sp³-hybridized carbons (Fsp3) is 0.118. The van der Waals surface area contributed by atoms with Gasteiger partial charge in [0, 0.05) is 34.4 Å². The molecular formula is C17H15ClN2O2. The Morgan fingerprint density at radius 1 is 1.23 bits per heavy atom. The lowest BCUT2D eigenvalue weighted by Crippen LogP contribution is -2.01. The second kappa shape index (κ2) is 6.12. The number of nitrogens with one attached hydrogen (secondary N) is 1. The van der Waals surface area contributed by atoms with Crippen molar-refractivity contribution in [2.45, 2.75) is 6.54 Å².